The van der Waals surface area contributed by atoms with Gasteiger partial charge >= 0.3 is 5.97 Å². The highest BCUT2D eigenvalue weighted by Crippen LogP contribution is 2.32. The summed E-state index contributed by atoms with van der Waals surface area (Å²) in [5, 5.41) is 10.2. The number of piperidine rings is 1. The molecule has 1 aliphatic rings. The van der Waals surface area contributed by atoms with E-state index in [1.165, 1.54) is 12.1 Å². The normalized spacial score (nSPS) is 21.6. The molecule has 1 fully saturated rings. The molecule has 0 spiro atoms. The van der Waals surface area contributed by atoms with Crippen LogP contribution in [0.25, 0.3) is 0 Å². The Balaban J connectivity index is 1.80. The number of halogens is 2. The van der Waals surface area contributed by atoms with Crippen LogP contribution in [0.1, 0.15) is 23.5 Å². The van der Waals surface area contributed by atoms with Gasteiger partial charge in [0.25, 0.3) is 0 Å². The highest BCUT2D eigenvalue weighted by molar-refractivity contribution is 6.31. The largest absolute Gasteiger partial charge is 0.481 e. The molecule has 5 heteroatoms. The fraction of sp³-hybridized carbons (Fsp3) is 0.316. The van der Waals surface area contributed by atoms with E-state index in [0.717, 1.165) is 17.7 Å². The molecule has 3 nitrogen and oxygen atoms in total. The molecule has 0 amide bonds. The lowest BCUT2D eigenvalue weighted by Crippen LogP contribution is -2.42. The molecule has 2 aromatic rings. The van der Waals surface area contributed by atoms with Gasteiger partial charge in [-0.2, -0.15) is 0 Å². The van der Waals surface area contributed by atoms with E-state index in [9.17, 15) is 14.3 Å². The highest BCUT2D eigenvalue weighted by Gasteiger charge is 2.32. The van der Waals surface area contributed by atoms with Crippen LogP contribution in [0.5, 0.6) is 0 Å². The maximum Gasteiger partial charge on any atom is 0.307 e. The molecule has 3 rings (SSSR count). The Morgan fingerprint density at radius 2 is 1.88 bits per heavy atom. The summed E-state index contributed by atoms with van der Waals surface area (Å²) >= 11 is 6.23. The summed E-state index contributed by atoms with van der Waals surface area (Å²) in [5.41, 5.74) is 1.97. The maximum absolute atomic E-state index is 13.1. The molecule has 0 radical (unpaired) electrons. The first-order valence-electron chi connectivity index (χ1n) is 7.97. The zero-order valence-electron chi connectivity index (χ0n) is 13.2. The average Bonchev–Trinajstić information content (AvgIpc) is 2.57. The first-order valence-corrected chi connectivity index (χ1v) is 8.34. The van der Waals surface area contributed by atoms with E-state index in [4.69, 9.17) is 11.6 Å². The van der Waals surface area contributed by atoms with Gasteiger partial charge in [-0.1, -0.05) is 41.9 Å². The molecule has 1 N–H and O–H groups in total. The second-order valence-electron chi connectivity index (χ2n) is 6.30. The molecule has 0 bridgehead atoms. The summed E-state index contributed by atoms with van der Waals surface area (Å²) in [6, 6.07) is 14.0. The highest BCUT2D eigenvalue weighted by atomic mass is 35.5. The van der Waals surface area contributed by atoms with E-state index in [1.807, 2.05) is 24.3 Å². The molecule has 0 saturated carbocycles. The molecule has 0 aliphatic carbocycles. The van der Waals surface area contributed by atoms with Crippen LogP contribution in [0.4, 0.5) is 4.39 Å². The summed E-state index contributed by atoms with van der Waals surface area (Å²) < 4.78 is 13.1. The number of rotatable bonds is 4. The number of carboxylic acids is 1. The lowest BCUT2D eigenvalue weighted by molar-refractivity contribution is -0.144. The predicted octanol–water partition coefficient (Wildman–Crippen LogP) is 4.17. The summed E-state index contributed by atoms with van der Waals surface area (Å²) in [4.78, 5) is 13.7. The molecule has 2 atom stereocenters. The summed E-state index contributed by atoms with van der Waals surface area (Å²) in [6.45, 7) is 1.85. The zero-order valence-corrected chi connectivity index (χ0v) is 13.9. The monoisotopic (exact) mass is 347 g/mol. The molecule has 126 valence electrons. The van der Waals surface area contributed by atoms with Gasteiger partial charge in [-0.25, -0.2) is 4.39 Å². The molecule has 0 aromatic heterocycles. The Hall–Kier alpha value is -1.91. The first-order chi connectivity index (χ1) is 11.5. The van der Waals surface area contributed by atoms with Gasteiger partial charge in [-0.05, 0) is 41.7 Å². The van der Waals surface area contributed by atoms with Gasteiger partial charge in [0.15, 0.2) is 0 Å². The molecular weight excluding hydrogens is 329 g/mol. The van der Waals surface area contributed by atoms with Crippen LogP contribution in [-0.4, -0.2) is 29.1 Å². The standard InChI is InChI=1S/C19H19ClFNO2/c20-18-4-2-1-3-14(18)10-22-11-15(9-16(12-22)19(23)24)13-5-7-17(21)8-6-13/h1-8,15-16H,9-12H2,(H,23,24). The van der Waals surface area contributed by atoms with Crippen molar-refractivity contribution >= 4 is 17.6 Å². The van der Waals surface area contributed by atoms with Crippen molar-refractivity contribution in [1.29, 1.82) is 0 Å². The maximum atomic E-state index is 13.1. The van der Waals surface area contributed by atoms with Gasteiger partial charge in [-0.3, -0.25) is 9.69 Å². The topological polar surface area (TPSA) is 40.5 Å². The van der Waals surface area contributed by atoms with E-state index < -0.39 is 11.9 Å². The van der Waals surface area contributed by atoms with Crippen molar-refractivity contribution in [3.63, 3.8) is 0 Å². The van der Waals surface area contributed by atoms with Crippen molar-refractivity contribution in [2.75, 3.05) is 13.1 Å². The third-order valence-corrected chi connectivity index (χ3v) is 4.94. The molecule has 24 heavy (non-hydrogen) atoms. The Labute approximate surface area is 145 Å². The van der Waals surface area contributed by atoms with Crippen molar-refractivity contribution < 1.29 is 14.3 Å². The van der Waals surface area contributed by atoms with E-state index in [-0.39, 0.29) is 11.7 Å². The quantitative estimate of drug-likeness (QED) is 0.902. The number of hydrogen-bond acceptors (Lipinski definition) is 2. The van der Waals surface area contributed by atoms with E-state index >= 15 is 0 Å². The number of aliphatic carboxylic acids is 1. The van der Waals surface area contributed by atoms with Crippen molar-refractivity contribution in [2.24, 2.45) is 5.92 Å². The average molecular weight is 348 g/mol. The molecule has 2 aromatic carbocycles. The predicted molar refractivity (Wildman–Crippen MR) is 91.6 cm³/mol. The Morgan fingerprint density at radius 3 is 2.54 bits per heavy atom. The third kappa shape index (κ3) is 3.94. The molecule has 1 heterocycles. The van der Waals surface area contributed by atoms with Crippen molar-refractivity contribution in [3.05, 3.63) is 70.5 Å². The Bertz CT molecular complexity index is 720. The number of carbonyl (C=O) groups is 1. The molecule has 2 unspecified atom stereocenters. The van der Waals surface area contributed by atoms with E-state index in [1.54, 1.807) is 12.1 Å². The number of carboxylic acid groups (broad SMARTS) is 1. The Kier molecular flexibility index (Phi) is 5.17. The van der Waals surface area contributed by atoms with Crippen LogP contribution < -0.4 is 0 Å². The van der Waals surface area contributed by atoms with Crippen LogP contribution >= 0.6 is 11.6 Å². The second kappa shape index (κ2) is 7.32. The summed E-state index contributed by atoms with van der Waals surface area (Å²) in [7, 11) is 0. The van der Waals surface area contributed by atoms with Crippen LogP contribution in [0.3, 0.4) is 0 Å². The summed E-state index contributed by atoms with van der Waals surface area (Å²) in [6.07, 6.45) is 0.569. The zero-order chi connectivity index (χ0) is 17.1. The minimum absolute atomic E-state index is 0.0722. The van der Waals surface area contributed by atoms with Crippen LogP contribution in [0.15, 0.2) is 48.5 Å². The molecule has 1 saturated heterocycles. The van der Waals surface area contributed by atoms with Gasteiger partial charge in [-0.15, -0.1) is 0 Å². The lowest BCUT2D eigenvalue weighted by Gasteiger charge is -2.36. The van der Waals surface area contributed by atoms with E-state index in [2.05, 4.69) is 4.90 Å². The Morgan fingerprint density at radius 1 is 1.17 bits per heavy atom. The summed E-state index contributed by atoms with van der Waals surface area (Å²) in [5.74, 6) is -1.43. The molecular formula is C19H19ClFNO2. The van der Waals surface area contributed by atoms with E-state index in [0.29, 0.717) is 24.5 Å². The number of nitrogens with zero attached hydrogens (tertiary/aromatic N) is 1. The third-order valence-electron chi connectivity index (χ3n) is 4.57. The minimum Gasteiger partial charge on any atom is -0.481 e. The number of likely N-dealkylation sites (tertiary alicyclic amines) is 1. The van der Waals surface area contributed by atoms with Crippen molar-refractivity contribution in [2.45, 2.75) is 18.9 Å². The minimum atomic E-state index is -0.786. The second-order valence-corrected chi connectivity index (χ2v) is 6.71. The van der Waals surface area contributed by atoms with Crippen molar-refractivity contribution in [1.82, 2.24) is 4.90 Å². The van der Waals surface area contributed by atoms with Gasteiger partial charge < -0.3 is 5.11 Å². The van der Waals surface area contributed by atoms with Gasteiger partial charge in [0.05, 0.1) is 5.92 Å². The van der Waals surface area contributed by atoms with Crippen molar-refractivity contribution in [3.8, 4) is 0 Å². The van der Waals surface area contributed by atoms with Gasteiger partial charge in [0.1, 0.15) is 5.82 Å². The first kappa shape index (κ1) is 16.9. The molecule has 1 aliphatic heterocycles. The van der Waals surface area contributed by atoms with Crippen LogP contribution in [0.2, 0.25) is 5.02 Å². The number of hydrogen-bond donors (Lipinski definition) is 1. The fourth-order valence-electron chi connectivity index (χ4n) is 3.34. The number of benzene rings is 2. The smallest absolute Gasteiger partial charge is 0.307 e. The SMILES string of the molecule is O=C(O)C1CC(c2ccc(F)cc2)CN(Cc2ccccc2Cl)C1. The van der Waals surface area contributed by atoms with Gasteiger partial charge in [0.2, 0.25) is 0 Å². The van der Waals surface area contributed by atoms with Crippen LogP contribution in [-0.2, 0) is 11.3 Å². The lowest BCUT2D eigenvalue weighted by atomic mass is 9.84. The van der Waals surface area contributed by atoms with Crippen LogP contribution in [0, 0.1) is 11.7 Å². The fourth-order valence-corrected chi connectivity index (χ4v) is 3.54. The van der Waals surface area contributed by atoms with Gasteiger partial charge in [0, 0.05) is 24.7 Å².